The molecule has 3 atom stereocenters. The van der Waals surface area contributed by atoms with Crippen LogP contribution in [0.2, 0.25) is 5.02 Å². The average molecular weight is 611 g/mol. The van der Waals surface area contributed by atoms with Gasteiger partial charge in [-0.3, -0.25) is 4.90 Å². The number of aromatic nitrogens is 3. The number of hydrogen-bond acceptors (Lipinski definition) is 8. The topological polar surface area (TPSA) is 89.6 Å². The van der Waals surface area contributed by atoms with Gasteiger partial charge in [0.05, 0.1) is 27.5 Å². The van der Waals surface area contributed by atoms with Crippen LogP contribution in [0.1, 0.15) is 38.5 Å². The summed E-state index contributed by atoms with van der Waals surface area (Å²) in [5.74, 6) is -0.309. The second-order valence-electron chi connectivity index (χ2n) is 12.1. The Hall–Kier alpha value is -3.57. The minimum atomic E-state index is -0.907. The molecule has 0 amide bonds. The number of nitrogens with zero attached hydrogens (tertiary/aromatic N) is 5. The van der Waals surface area contributed by atoms with Crippen LogP contribution in [0.25, 0.3) is 32.9 Å². The average Bonchev–Trinajstić information content (AvgIpc) is 3.46. The fourth-order valence-corrected chi connectivity index (χ4v) is 7.89. The summed E-state index contributed by atoms with van der Waals surface area (Å²) in [6.07, 6.45) is 4.13. The predicted octanol–water partition coefficient (Wildman–Crippen LogP) is 6.07. The van der Waals surface area contributed by atoms with E-state index in [2.05, 4.69) is 19.8 Å². The van der Waals surface area contributed by atoms with Crippen molar-refractivity contribution in [2.24, 2.45) is 0 Å². The standard InChI is InChI=1S/C31H30ClF3N6O2/c32-24-22(19-5-7-20(34)18-6-8-21(36)37-26(18)19)25(35)27-23-28(24)42-14-17-4-1-2-11-41(17)29(23)39-30(38-27)43-15-31-9-3-10-40(31)13-16(33)12-31/h5-8,16-17H,1-4,9-15H2,(H2,36,37)/t16-,17+,31+/m1/s1. The summed E-state index contributed by atoms with van der Waals surface area (Å²) < 4.78 is 58.7. The number of pyridine rings is 1. The quantitative estimate of drug-likeness (QED) is 0.298. The van der Waals surface area contributed by atoms with Gasteiger partial charge in [0, 0.05) is 36.0 Å². The van der Waals surface area contributed by atoms with Gasteiger partial charge in [-0.15, -0.1) is 0 Å². The Morgan fingerprint density at radius 1 is 1.07 bits per heavy atom. The van der Waals surface area contributed by atoms with Gasteiger partial charge in [0.1, 0.15) is 42.4 Å². The van der Waals surface area contributed by atoms with Crippen molar-refractivity contribution in [3.63, 3.8) is 0 Å². The number of alkyl halides is 1. The smallest absolute Gasteiger partial charge is 0.319 e. The molecule has 0 radical (unpaired) electrons. The maximum absolute atomic E-state index is 16.9. The maximum Gasteiger partial charge on any atom is 0.319 e. The van der Waals surface area contributed by atoms with Crippen molar-refractivity contribution in [3.05, 3.63) is 40.9 Å². The van der Waals surface area contributed by atoms with Crippen molar-refractivity contribution >= 4 is 45.0 Å². The third-order valence-corrected chi connectivity index (χ3v) is 9.95. The number of nitrogens with two attached hydrogens (primary N) is 1. The fraction of sp³-hybridized carbons (Fsp3) is 0.452. The van der Waals surface area contributed by atoms with Crippen LogP contribution in [0.3, 0.4) is 0 Å². The van der Waals surface area contributed by atoms with Crippen LogP contribution in [-0.2, 0) is 0 Å². The number of anilines is 2. The lowest BCUT2D eigenvalue weighted by Crippen LogP contribution is -2.44. The number of piperidine rings is 1. The molecule has 2 N–H and O–H groups in total. The first kappa shape index (κ1) is 27.0. The summed E-state index contributed by atoms with van der Waals surface area (Å²) in [5.41, 5.74) is 5.94. The second-order valence-corrected chi connectivity index (χ2v) is 12.5. The van der Waals surface area contributed by atoms with Crippen LogP contribution in [0.4, 0.5) is 24.8 Å². The van der Waals surface area contributed by atoms with Crippen molar-refractivity contribution in [1.29, 1.82) is 0 Å². The molecule has 4 aliphatic rings. The minimum absolute atomic E-state index is 0.00818. The van der Waals surface area contributed by atoms with Crippen LogP contribution in [0.15, 0.2) is 24.3 Å². The molecular weight excluding hydrogens is 581 g/mol. The van der Waals surface area contributed by atoms with Gasteiger partial charge in [0.15, 0.2) is 11.6 Å². The zero-order valence-electron chi connectivity index (χ0n) is 23.4. The van der Waals surface area contributed by atoms with E-state index in [1.165, 1.54) is 24.3 Å². The van der Waals surface area contributed by atoms with E-state index in [4.69, 9.17) is 31.8 Å². The highest BCUT2D eigenvalue weighted by Crippen LogP contribution is 2.50. The molecule has 2 aromatic heterocycles. The van der Waals surface area contributed by atoms with E-state index in [-0.39, 0.29) is 62.8 Å². The second kappa shape index (κ2) is 9.99. The lowest BCUT2D eigenvalue weighted by Gasteiger charge is -2.35. The van der Waals surface area contributed by atoms with Crippen molar-refractivity contribution in [3.8, 4) is 22.9 Å². The molecule has 0 unspecified atom stereocenters. The Bertz CT molecular complexity index is 1790. The molecule has 8 rings (SSSR count). The van der Waals surface area contributed by atoms with Gasteiger partial charge < -0.3 is 20.1 Å². The first-order valence-corrected chi connectivity index (χ1v) is 15.2. The number of ether oxygens (including phenoxy) is 2. The number of halogens is 4. The highest BCUT2D eigenvalue weighted by Gasteiger charge is 2.49. The predicted molar refractivity (Wildman–Crippen MR) is 159 cm³/mol. The lowest BCUT2D eigenvalue weighted by molar-refractivity contribution is 0.107. The number of nitrogen functional groups attached to an aromatic ring is 1. The maximum atomic E-state index is 16.9. The minimum Gasteiger partial charge on any atom is -0.489 e. The Morgan fingerprint density at radius 2 is 1.95 bits per heavy atom. The van der Waals surface area contributed by atoms with Crippen LogP contribution >= 0.6 is 11.6 Å². The van der Waals surface area contributed by atoms with Gasteiger partial charge in [-0.05, 0) is 62.9 Å². The molecule has 0 aliphatic carbocycles. The highest BCUT2D eigenvalue weighted by molar-refractivity contribution is 6.37. The first-order chi connectivity index (χ1) is 20.8. The number of benzene rings is 2. The van der Waals surface area contributed by atoms with Gasteiger partial charge in [-0.25, -0.2) is 18.2 Å². The Labute approximate surface area is 250 Å². The SMILES string of the molecule is Nc1ccc2c(F)ccc(-c3c(Cl)c4c5c(nc(OC[C@@]67CCCN6C[C@H](F)C7)nc5c3F)N3CCCC[C@H]3CO4)c2n1. The summed E-state index contributed by atoms with van der Waals surface area (Å²) in [4.78, 5) is 18.0. The summed E-state index contributed by atoms with van der Waals surface area (Å²) in [7, 11) is 0. The molecule has 8 nitrogen and oxygen atoms in total. The van der Waals surface area contributed by atoms with Crippen LogP contribution in [0.5, 0.6) is 11.8 Å². The van der Waals surface area contributed by atoms with Crippen LogP contribution in [-0.4, -0.2) is 70.5 Å². The largest absolute Gasteiger partial charge is 0.489 e. The lowest BCUT2D eigenvalue weighted by atomic mass is 9.95. The van der Waals surface area contributed by atoms with Crippen molar-refractivity contribution in [2.45, 2.75) is 56.3 Å². The summed E-state index contributed by atoms with van der Waals surface area (Å²) in [6, 6.07) is 5.71. The molecular formula is C31H30ClF3N6O2. The first-order valence-electron chi connectivity index (χ1n) is 14.8. The van der Waals surface area contributed by atoms with Gasteiger partial charge >= 0.3 is 6.01 Å². The van der Waals surface area contributed by atoms with Crippen molar-refractivity contribution < 1.29 is 22.6 Å². The molecule has 43 heavy (non-hydrogen) atoms. The van der Waals surface area contributed by atoms with Gasteiger partial charge in [0.2, 0.25) is 0 Å². The molecule has 0 bridgehead atoms. The van der Waals surface area contributed by atoms with Gasteiger partial charge in [0.25, 0.3) is 0 Å². The molecule has 0 saturated carbocycles. The number of hydrogen-bond donors (Lipinski definition) is 1. The van der Waals surface area contributed by atoms with E-state index in [0.717, 1.165) is 38.6 Å². The molecule has 0 spiro atoms. The third-order valence-electron chi connectivity index (χ3n) is 9.59. The Balaban J connectivity index is 1.33. The molecule has 3 fully saturated rings. The zero-order chi connectivity index (χ0) is 29.5. The fourth-order valence-electron chi connectivity index (χ4n) is 7.56. The Morgan fingerprint density at radius 3 is 2.84 bits per heavy atom. The van der Waals surface area contributed by atoms with Crippen LogP contribution in [0, 0.1) is 11.6 Å². The zero-order valence-corrected chi connectivity index (χ0v) is 24.1. The molecule has 3 saturated heterocycles. The van der Waals surface area contributed by atoms with Crippen molar-refractivity contribution in [1.82, 2.24) is 19.9 Å². The van der Waals surface area contributed by atoms with Gasteiger partial charge in [-0.2, -0.15) is 9.97 Å². The molecule has 4 aliphatic heterocycles. The van der Waals surface area contributed by atoms with Crippen LogP contribution < -0.4 is 20.1 Å². The molecule has 2 aromatic carbocycles. The van der Waals surface area contributed by atoms with Gasteiger partial charge in [-0.1, -0.05) is 11.6 Å². The van der Waals surface area contributed by atoms with E-state index < -0.39 is 23.3 Å². The normalized spacial score (nSPS) is 25.1. The van der Waals surface area contributed by atoms with Crippen molar-refractivity contribution in [2.75, 3.05) is 43.5 Å². The summed E-state index contributed by atoms with van der Waals surface area (Å²) >= 11 is 6.98. The van der Waals surface area contributed by atoms with E-state index in [1.54, 1.807) is 0 Å². The number of rotatable bonds is 4. The number of fused-ring (bicyclic) bond motifs is 4. The van der Waals surface area contributed by atoms with E-state index in [1.807, 2.05) is 0 Å². The van der Waals surface area contributed by atoms with E-state index in [9.17, 15) is 8.78 Å². The Kier molecular flexibility index (Phi) is 6.27. The molecule has 224 valence electrons. The third kappa shape index (κ3) is 4.18. The van der Waals surface area contributed by atoms with E-state index in [0.29, 0.717) is 37.3 Å². The molecule has 6 heterocycles. The van der Waals surface area contributed by atoms with E-state index >= 15 is 4.39 Å². The molecule has 4 aromatic rings. The summed E-state index contributed by atoms with van der Waals surface area (Å²) in [5, 5.41) is 0.579. The monoisotopic (exact) mass is 610 g/mol. The highest BCUT2D eigenvalue weighted by atomic mass is 35.5. The molecule has 12 heteroatoms. The summed E-state index contributed by atoms with van der Waals surface area (Å²) in [6.45, 7) is 2.47.